The molecule has 2 nitrogen and oxygen atoms in total. The maximum atomic E-state index is 9.07. The number of rotatable bonds is 4. The number of aliphatic hydroxyl groups is 1. The van der Waals surface area contributed by atoms with Gasteiger partial charge in [0.2, 0.25) is 0 Å². The Kier molecular flexibility index (Phi) is 2.87. The SMILES string of the molecule is CCC[C@]12C=CC=CC1=NC=C2CCO. The van der Waals surface area contributed by atoms with Crippen LogP contribution in [0.2, 0.25) is 0 Å². The Morgan fingerprint density at radius 2 is 2.27 bits per heavy atom. The van der Waals surface area contributed by atoms with Crippen LogP contribution < -0.4 is 0 Å². The van der Waals surface area contributed by atoms with Gasteiger partial charge in [0.25, 0.3) is 0 Å². The molecule has 1 aliphatic heterocycles. The van der Waals surface area contributed by atoms with E-state index in [1.807, 2.05) is 12.3 Å². The number of fused-ring (bicyclic) bond motifs is 1. The van der Waals surface area contributed by atoms with E-state index in [0.29, 0.717) is 0 Å². The van der Waals surface area contributed by atoms with E-state index in [-0.39, 0.29) is 12.0 Å². The van der Waals surface area contributed by atoms with Gasteiger partial charge >= 0.3 is 0 Å². The highest BCUT2D eigenvalue weighted by molar-refractivity contribution is 6.06. The van der Waals surface area contributed by atoms with Gasteiger partial charge in [-0.15, -0.1) is 0 Å². The topological polar surface area (TPSA) is 32.6 Å². The highest BCUT2D eigenvalue weighted by Crippen LogP contribution is 2.43. The lowest BCUT2D eigenvalue weighted by Gasteiger charge is -2.31. The van der Waals surface area contributed by atoms with Crippen molar-refractivity contribution in [2.24, 2.45) is 10.4 Å². The molecule has 1 heterocycles. The average molecular weight is 203 g/mol. The largest absolute Gasteiger partial charge is 0.396 e. The Hall–Kier alpha value is -1.15. The molecule has 0 amide bonds. The van der Waals surface area contributed by atoms with Gasteiger partial charge in [-0.2, -0.15) is 0 Å². The zero-order valence-corrected chi connectivity index (χ0v) is 9.11. The lowest BCUT2D eigenvalue weighted by atomic mass is 9.71. The predicted octanol–water partition coefficient (Wildman–Crippen LogP) is 2.62. The van der Waals surface area contributed by atoms with Crippen LogP contribution in [0.3, 0.4) is 0 Å². The number of aliphatic hydroxyl groups excluding tert-OH is 1. The minimum atomic E-state index is -0.00771. The van der Waals surface area contributed by atoms with Gasteiger partial charge in [-0.3, -0.25) is 4.99 Å². The van der Waals surface area contributed by atoms with Crippen molar-refractivity contribution in [2.45, 2.75) is 26.2 Å². The fraction of sp³-hybridized carbons (Fsp3) is 0.462. The van der Waals surface area contributed by atoms with Crippen LogP contribution in [0.25, 0.3) is 0 Å². The molecule has 1 aliphatic carbocycles. The van der Waals surface area contributed by atoms with Crippen LogP contribution >= 0.6 is 0 Å². The lowest BCUT2D eigenvalue weighted by Crippen LogP contribution is -2.29. The number of allylic oxidation sites excluding steroid dienone is 4. The summed E-state index contributed by atoms with van der Waals surface area (Å²) in [5.41, 5.74) is 2.38. The molecule has 2 rings (SSSR count). The minimum Gasteiger partial charge on any atom is -0.396 e. The van der Waals surface area contributed by atoms with E-state index >= 15 is 0 Å². The maximum Gasteiger partial charge on any atom is 0.0544 e. The molecule has 0 unspecified atom stereocenters. The van der Waals surface area contributed by atoms with E-state index in [1.54, 1.807) is 0 Å². The van der Waals surface area contributed by atoms with E-state index < -0.39 is 0 Å². The highest BCUT2D eigenvalue weighted by Gasteiger charge is 2.38. The van der Waals surface area contributed by atoms with Crippen molar-refractivity contribution in [1.82, 2.24) is 0 Å². The van der Waals surface area contributed by atoms with Crippen LogP contribution in [0.5, 0.6) is 0 Å². The lowest BCUT2D eigenvalue weighted by molar-refractivity contribution is 0.292. The summed E-state index contributed by atoms with van der Waals surface area (Å²) >= 11 is 0. The van der Waals surface area contributed by atoms with E-state index in [4.69, 9.17) is 5.11 Å². The van der Waals surface area contributed by atoms with Crippen LogP contribution in [0.4, 0.5) is 0 Å². The first-order valence-corrected chi connectivity index (χ1v) is 5.58. The van der Waals surface area contributed by atoms with Crippen molar-refractivity contribution in [3.63, 3.8) is 0 Å². The molecule has 0 saturated carbocycles. The fourth-order valence-corrected chi connectivity index (χ4v) is 2.47. The predicted molar refractivity (Wildman–Crippen MR) is 62.8 cm³/mol. The molecule has 2 heteroatoms. The average Bonchev–Trinajstić information content (AvgIpc) is 2.59. The third kappa shape index (κ3) is 1.59. The third-order valence-electron chi connectivity index (χ3n) is 3.16. The molecule has 0 saturated heterocycles. The standard InChI is InChI=1S/C13H17NO/c1-2-7-13-8-4-3-5-12(13)14-10-11(13)6-9-15/h3-5,8,10,15H,2,6-7,9H2,1H3/t13-/m1/s1. The Morgan fingerprint density at radius 1 is 1.40 bits per heavy atom. The van der Waals surface area contributed by atoms with Crippen LogP contribution in [0.15, 0.2) is 41.1 Å². The molecule has 0 fully saturated rings. The van der Waals surface area contributed by atoms with Crippen LogP contribution in [-0.2, 0) is 0 Å². The fourth-order valence-electron chi connectivity index (χ4n) is 2.47. The third-order valence-corrected chi connectivity index (χ3v) is 3.16. The second kappa shape index (κ2) is 4.15. The zero-order chi connectivity index (χ0) is 10.7. The molecule has 1 atom stereocenters. The molecule has 0 radical (unpaired) electrons. The quantitative estimate of drug-likeness (QED) is 0.748. The Balaban J connectivity index is 2.32. The number of hydrogen-bond donors (Lipinski definition) is 1. The number of aliphatic imine (C=N–C) groups is 1. The van der Waals surface area contributed by atoms with Gasteiger partial charge in [0.05, 0.1) is 11.1 Å². The first kappa shape index (κ1) is 10.4. The normalized spacial score (nSPS) is 27.6. The summed E-state index contributed by atoms with van der Waals surface area (Å²) in [4.78, 5) is 4.45. The van der Waals surface area contributed by atoms with Gasteiger partial charge < -0.3 is 5.11 Å². The van der Waals surface area contributed by atoms with Gasteiger partial charge in [-0.25, -0.2) is 0 Å². The van der Waals surface area contributed by atoms with Crippen LogP contribution in [0, 0.1) is 5.41 Å². The molecule has 0 aromatic heterocycles. The molecular formula is C13H17NO. The van der Waals surface area contributed by atoms with E-state index in [9.17, 15) is 0 Å². The molecular weight excluding hydrogens is 186 g/mol. The minimum absolute atomic E-state index is 0.00771. The molecule has 0 spiro atoms. The Labute approximate surface area is 90.7 Å². The second-order valence-corrected chi connectivity index (χ2v) is 4.08. The number of hydrogen-bond acceptors (Lipinski definition) is 2. The smallest absolute Gasteiger partial charge is 0.0544 e. The molecule has 2 aliphatic rings. The summed E-state index contributed by atoms with van der Waals surface area (Å²) in [7, 11) is 0. The molecule has 1 N–H and O–H groups in total. The summed E-state index contributed by atoms with van der Waals surface area (Å²) in [6, 6.07) is 0. The van der Waals surface area contributed by atoms with E-state index in [0.717, 1.165) is 25.0 Å². The van der Waals surface area contributed by atoms with E-state index in [2.05, 4.69) is 30.1 Å². The molecule has 15 heavy (non-hydrogen) atoms. The van der Waals surface area contributed by atoms with Crippen molar-refractivity contribution < 1.29 is 5.11 Å². The summed E-state index contributed by atoms with van der Waals surface area (Å²) in [6.07, 6.45) is 13.3. The highest BCUT2D eigenvalue weighted by atomic mass is 16.3. The first-order valence-electron chi connectivity index (χ1n) is 5.58. The summed E-state index contributed by atoms with van der Waals surface area (Å²) < 4.78 is 0. The molecule has 80 valence electrons. The van der Waals surface area contributed by atoms with Gasteiger partial charge in [0.15, 0.2) is 0 Å². The Morgan fingerprint density at radius 3 is 3.00 bits per heavy atom. The molecule has 0 bridgehead atoms. The molecule has 0 aromatic carbocycles. The summed E-state index contributed by atoms with van der Waals surface area (Å²) in [5, 5.41) is 9.07. The van der Waals surface area contributed by atoms with Crippen molar-refractivity contribution in [1.29, 1.82) is 0 Å². The summed E-state index contributed by atoms with van der Waals surface area (Å²) in [5.74, 6) is 0. The van der Waals surface area contributed by atoms with Crippen molar-refractivity contribution >= 4 is 5.71 Å². The van der Waals surface area contributed by atoms with Crippen LogP contribution in [0.1, 0.15) is 26.2 Å². The van der Waals surface area contributed by atoms with Crippen molar-refractivity contribution in [3.8, 4) is 0 Å². The maximum absolute atomic E-state index is 9.07. The first-order chi connectivity index (χ1) is 7.33. The molecule has 0 aromatic rings. The van der Waals surface area contributed by atoms with Crippen molar-refractivity contribution in [3.05, 3.63) is 36.1 Å². The van der Waals surface area contributed by atoms with Crippen LogP contribution in [-0.4, -0.2) is 17.4 Å². The Bertz CT molecular complexity index is 363. The zero-order valence-electron chi connectivity index (χ0n) is 9.11. The van der Waals surface area contributed by atoms with Gasteiger partial charge in [-0.05, 0) is 24.5 Å². The van der Waals surface area contributed by atoms with Gasteiger partial charge in [0, 0.05) is 12.8 Å². The number of nitrogens with zero attached hydrogens (tertiary/aromatic N) is 1. The van der Waals surface area contributed by atoms with Gasteiger partial charge in [-0.1, -0.05) is 31.6 Å². The monoisotopic (exact) mass is 203 g/mol. The summed E-state index contributed by atoms with van der Waals surface area (Å²) in [6.45, 7) is 2.39. The van der Waals surface area contributed by atoms with E-state index in [1.165, 1.54) is 5.57 Å². The van der Waals surface area contributed by atoms with Crippen molar-refractivity contribution in [2.75, 3.05) is 6.61 Å². The second-order valence-electron chi connectivity index (χ2n) is 4.08. The van der Waals surface area contributed by atoms with Gasteiger partial charge in [0.1, 0.15) is 0 Å².